The summed E-state index contributed by atoms with van der Waals surface area (Å²) in [7, 11) is 0. The zero-order valence-corrected chi connectivity index (χ0v) is 13.2. The third kappa shape index (κ3) is 2.94. The van der Waals surface area contributed by atoms with Crippen LogP contribution in [0.2, 0.25) is 5.02 Å². The van der Waals surface area contributed by atoms with E-state index in [4.69, 9.17) is 11.6 Å². The standard InChI is InChI=1S/C15H17ClN6O/c16-9-1-4-14(22-8-17-20-21-22)13(5-9)15(23)19-12-6-10-2-3-11(7-12)18-10/h1,4-5,8,10-12,18H,2-3,6-7H2,(H,19,23). The van der Waals surface area contributed by atoms with E-state index in [1.807, 2.05) is 0 Å². The zero-order chi connectivity index (χ0) is 15.8. The lowest BCUT2D eigenvalue weighted by molar-refractivity contribution is 0.0924. The average Bonchev–Trinajstić information content (AvgIpc) is 3.17. The number of carbonyl (C=O) groups is 1. The van der Waals surface area contributed by atoms with Crippen LogP contribution in [0.5, 0.6) is 0 Å². The van der Waals surface area contributed by atoms with Gasteiger partial charge in [-0.3, -0.25) is 4.79 Å². The molecule has 2 unspecified atom stereocenters. The number of rotatable bonds is 3. The minimum atomic E-state index is -0.135. The SMILES string of the molecule is O=C(NC1CC2CCC(C1)N2)c1cc(Cl)ccc1-n1cnnn1. The first-order valence-corrected chi connectivity index (χ1v) is 8.16. The van der Waals surface area contributed by atoms with Crippen LogP contribution < -0.4 is 10.6 Å². The molecule has 1 aromatic carbocycles. The number of benzene rings is 1. The normalized spacial score (nSPS) is 26.2. The Morgan fingerprint density at radius 1 is 1.30 bits per heavy atom. The molecule has 2 bridgehead atoms. The Balaban J connectivity index is 1.57. The van der Waals surface area contributed by atoms with Gasteiger partial charge in [0.2, 0.25) is 0 Å². The van der Waals surface area contributed by atoms with Gasteiger partial charge in [0.25, 0.3) is 5.91 Å². The van der Waals surface area contributed by atoms with Crippen molar-refractivity contribution in [3.63, 3.8) is 0 Å². The van der Waals surface area contributed by atoms with Crippen LogP contribution in [-0.2, 0) is 0 Å². The van der Waals surface area contributed by atoms with E-state index in [2.05, 4.69) is 26.2 Å². The number of tetrazole rings is 1. The number of nitrogens with zero attached hydrogens (tertiary/aromatic N) is 4. The topological polar surface area (TPSA) is 84.7 Å². The molecule has 2 fully saturated rings. The quantitative estimate of drug-likeness (QED) is 0.885. The lowest BCUT2D eigenvalue weighted by Gasteiger charge is -2.29. The Morgan fingerprint density at radius 2 is 2.09 bits per heavy atom. The largest absolute Gasteiger partial charge is 0.349 e. The van der Waals surface area contributed by atoms with Crippen LogP contribution in [0, 0.1) is 0 Å². The summed E-state index contributed by atoms with van der Waals surface area (Å²) in [6.07, 6.45) is 5.81. The molecule has 0 aliphatic carbocycles. The number of nitrogens with one attached hydrogen (secondary N) is 2. The van der Waals surface area contributed by atoms with Crippen molar-refractivity contribution in [2.24, 2.45) is 0 Å². The molecule has 8 heteroatoms. The lowest BCUT2D eigenvalue weighted by Crippen LogP contribution is -2.48. The predicted octanol–water partition coefficient (Wildman–Crippen LogP) is 1.33. The van der Waals surface area contributed by atoms with Crippen molar-refractivity contribution >= 4 is 17.5 Å². The summed E-state index contributed by atoms with van der Waals surface area (Å²) in [6, 6.07) is 6.38. The predicted molar refractivity (Wildman–Crippen MR) is 84.6 cm³/mol. The van der Waals surface area contributed by atoms with Crippen molar-refractivity contribution in [2.75, 3.05) is 0 Å². The third-order valence-corrected chi connectivity index (χ3v) is 4.84. The Kier molecular flexibility index (Phi) is 3.74. The second kappa shape index (κ2) is 5.90. The zero-order valence-electron chi connectivity index (χ0n) is 12.4. The molecule has 2 aromatic rings. The molecule has 0 spiro atoms. The number of carbonyl (C=O) groups excluding carboxylic acids is 1. The molecule has 1 aromatic heterocycles. The summed E-state index contributed by atoms with van der Waals surface area (Å²) in [4.78, 5) is 12.7. The molecule has 120 valence electrons. The van der Waals surface area contributed by atoms with Gasteiger partial charge in [0.05, 0.1) is 11.3 Å². The summed E-state index contributed by atoms with van der Waals surface area (Å²) in [5, 5.41) is 18.3. The number of hydrogen-bond acceptors (Lipinski definition) is 5. The van der Waals surface area contributed by atoms with Crippen molar-refractivity contribution < 1.29 is 4.79 Å². The molecular formula is C15H17ClN6O. The second-order valence-corrected chi connectivity index (χ2v) is 6.63. The molecule has 2 N–H and O–H groups in total. The summed E-state index contributed by atoms with van der Waals surface area (Å²) in [5.41, 5.74) is 1.10. The van der Waals surface area contributed by atoms with Gasteiger partial charge in [-0.1, -0.05) is 11.6 Å². The van der Waals surface area contributed by atoms with Gasteiger partial charge in [-0.05, 0) is 54.3 Å². The number of fused-ring (bicyclic) bond motifs is 2. The fourth-order valence-electron chi connectivity index (χ4n) is 3.60. The first-order valence-electron chi connectivity index (χ1n) is 7.79. The number of halogens is 1. The van der Waals surface area contributed by atoms with E-state index in [1.165, 1.54) is 23.9 Å². The number of piperidine rings is 1. The highest BCUT2D eigenvalue weighted by Crippen LogP contribution is 2.27. The van der Waals surface area contributed by atoms with Crippen molar-refractivity contribution in [3.05, 3.63) is 35.1 Å². The molecule has 2 atom stereocenters. The third-order valence-electron chi connectivity index (χ3n) is 4.61. The van der Waals surface area contributed by atoms with Gasteiger partial charge in [0.1, 0.15) is 6.33 Å². The smallest absolute Gasteiger partial charge is 0.253 e. The van der Waals surface area contributed by atoms with Gasteiger partial charge < -0.3 is 10.6 Å². The van der Waals surface area contributed by atoms with Crippen LogP contribution >= 0.6 is 11.6 Å². The molecule has 4 rings (SSSR count). The van der Waals surface area contributed by atoms with Crippen molar-refractivity contribution in [3.8, 4) is 5.69 Å². The minimum Gasteiger partial charge on any atom is -0.349 e. The average molecular weight is 333 g/mol. The number of amides is 1. The Bertz CT molecular complexity index is 707. The molecular weight excluding hydrogens is 316 g/mol. The maximum absolute atomic E-state index is 12.7. The highest BCUT2D eigenvalue weighted by molar-refractivity contribution is 6.31. The molecule has 1 amide bonds. The first-order chi connectivity index (χ1) is 11.2. The Morgan fingerprint density at radius 3 is 2.78 bits per heavy atom. The van der Waals surface area contributed by atoms with Gasteiger partial charge in [-0.15, -0.1) is 5.10 Å². The van der Waals surface area contributed by atoms with E-state index in [9.17, 15) is 4.79 Å². The van der Waals surface area contributed by atoms with Gasteiger partial charge in [-0.2, -0.15) is 4.68 Å². The molecule has 23 heavy (non-hydrogen) atoms. The lowest BCUT2D eigenvalue weighted by atomic mass is 9.99. The van der Waals surface area contributed by atoms with Crippen LogP contribution in [0.25, 0.3) is 5.69 Å². The number of hydrogen-bond donors (Lipinski definition) is 2. The first kappa shape index (κ1) is 14.6. The van der Waals surface area contributed by atoms with Gasteiger partial charge in [0.15, 0.2) is 0 Å². The fraction of sp³-hybridized carbons (Fsp3) is 0.467. The highest BCUT2D eigenvalue weighted by Gasteiger charge is 2.34. The van der Waals surface area contributed by atoms with E-state index < -0.39 is 0 Å². The van der Waals surface area contributed by atoms with E-state index in [1.54, 1.807) is 18.2 Å². The Labute approximate surface area is 138 Å². The molecule has 2 saturated heterocycles. The van der Waals surface area contributed by atoms with Gasteiger partial charge >= 0.3 is 0 Å². The van der Waals surface area contributed by atoms with E-state index in [-0.39, 0.29) is 11.9 Å². The van der Waals surface area contributed by atoms with E-state index in [0.717, 1.165) is 12.8 Å². The minimum absolute atomic E-state index is 0.135. The molecule has 2 aliphatic heterocycles. The van der Waals surface area contributed by atoms with Gasteiger partial charge in [0, 0.05) is 23.1 Å². The van der Waals surface area contributed by atoms with Crippen LogP contribution in [0.4, 0.5) is 0 Å². The molecule has 0 radical (unpaired) electrons. The maximum atomic E-state index is 12.7. The van der Waals surface area contributed by atoms with Crippen LogP contribution in [-0.4, -0.2) is 44.2 Å². The molecule has 0 saturated carbocycles. The molecule has 7 nitrogen and oxygen atoms in total. The van der Waals surface area contributed by atoms with Crippen LogP contribution in [0.15, 0.2) is 24.5 Å². The molecule has 3 heterocycles. The second-order valence-electron chi connectivity index (χ2n) is 6.20. The van der Waals surface area contributed by atoms with Crippen molar-refractivity contribution in [1.29, 1.82) is 0 Å². The monoisotopic (exact) mass is 332 g/mol. The number of aromatic nitrogens is 4. The van der Waals surface area contributed by atoms with Crippen LogP contribution in [0.1, 0.15) is 36.0 Å². The van der Waals surface area contributed by atoms with E-state index in [0.29, 0.717) is 28.4 Å². The molecule has 2 aliphatic rings. The Hall–Kier alpha value is -1.99. The van der Waals surface area contributed by atoms with Gasteiger partial charge in [-0.25, -0.2) is 0 Å². The maximum Gasteiger partial charge on any atom is 0.253 e. The summed E-state index contributed by atoms with van der Waals surface area (Å²) < 4.78 is 1.47. The summed E-state index contributed by atoms with van der Waals surface area (Å²) in [6.45, 7) is 0. The van der Waals surface area contributed by atoms with Crippen molar-refractivity contribution in [2.45, 2.75) is 43.8 Å². The van der Waals surface area contributed by atoms with Crippen molar-refractivity contribution in [1.82, 2.24) is 30.8 Å². The summed E-state index contributed by atoms with van der Waals surface area (Å²) >= 11 is 6.07. The highest BCUT2D eigenvalue weighted by atomic mass is 35.5. The summed E-state index contributed by atoms with van der Waals surface area (Å²) in [5.74, 6) is -0.135. The van der Waals surface area contributed by atoms with Crippen LogP contribution in [0.3, 0.4) is 0 Å². The van der Waals surface area contributed by atoms with E-state index >= 15 is 0 Å². The fourth-order valence-corrected chi connectivity index (χ4v) is 3.77.